The molecule has 5 heteroatoms. The second-order valence-corrected chi connectivity index (χ2v) is 6.66. The van der Waals surface area contributed by atoms with Crippen molar-refractivity contribution in [3.63, 3.8) is 0 Å². The summed E-state index contributed by atoms with van der Waals surface area (Å²) in [5, 5.41) is 0. The number of rotatable bonds is 5. The Kier molecular flexibility index (Phi) is 5.63. The number of fused-ring (bicyclic) bond motifs is 1. The lowest BCUT2D eigenvalue weighted by Gasteiger charge is -2.30. The standard InChI is InChI=1S/C20H27NO4/c1-4-24-18-13-16-11-14(2)25-19(16)12-15(18)5-6-20(22)21-9-7-17(23-3)8-10-21/h5-6,12-14,17H,4,7-11H2,1-3H3/b6-5+. The van der Waals surface area contributed by atoms with Gasteiger partial charge in [0.15, 0.2) is 0 Å². The highest BCUT2D eigenvalue weighted by molar-refractivity contribution is 5.92. The fourth-order valence-electron chi connectivity index (χ4n) is 3.44. The molecule has 0 bridgehead atoms. The third-order valence-corrected chi connectivity index (χ3v) is 4.82. The maximum Gasteiger partial charge on any atom is 0.246 e. The first-order chi connectivity index (χ1) is 12.1. The molecule has 136 valence electrons. The summed E-state index contributed by atoms with van der Waals surface area (Å²) >= 11 is 0. The van der Waals surface area contributed by atoms with E-state index in [-0.39, 0.29) is 18.1 Å². The van der Waals surface area contributed by atoms with Crippen LogP contribution in [0.25, 0.3) is 6.08 Å². The van der Waals surface area contributed by atoms with Gasteiger partial charge >= 0.3 is 0 Å². The van der Waals surface area contributed by atoms with Crippen molar-refractivity contribution >= 4 is 12.0 Å². The van der Waals surface area contributed by atoms with Crippen LogP contribution in [0.5, 0.6) is 11.5 Å². The molecule has 2 heterocycles. The molecular weight excluding hydrogens is 318 g/mol. The van der Waals surface area contributed by atoms with Crippen molar-refractivity contribution in [1.82, 2.24) is 4.90 Å². The van der Waals surface area contributed by atoms with Crippen molar-refractivity contribution < 1.29 is 19.0 Å². The first kappa shape index (κ1) is 17.8. The largest absolute Gasteiger partial charge is 0.493 e. The minimum atomic E-state index is 0.0341. The van der Waals surface area contributed by atoms with Crippen molar-refractivity contribution in [1.29, 1.82) is 0 Å². The monoisotopic (exact) mass is 345 g/mol. The summed E-state index contributed by atoms with van der Waals surface area (Å²) in [5.74, 6) is 1.73. The lowest BCUT2D eigenvalue weighted by Crippen LogP contribution is -2.39. The molecule has 0 N–H and O–H groups in total. The second kappa shape index (κ2) is 7.91. The number of nitrogens with zero attached hydrogens (tertiary/aromatic N) is 1. The van der Waals surface area contributed by atoms with Crippen molar-refractivity contribution in [2.75, 3.05) is 26.8 Å². The third kappa shape index (κ3) is 4.15. The Hall–Kier alpha value is -2.01. The number of carbonyl (C=O) groups is 1. The number of piperidine rings is 1. The predicted molar refractivity (Wildman–Crippen MR) is 97.1 cm³/mol. The van der Waals surface area contributed by atoms with Crippen LogP contribution in [-0.4, -0.2) is 49.8 Å². The molecule has 1 saturated heterocycles. The summed E-state index contributed by atoms with van der Waals surface area (Å²) < 4.78 is 16.9. The molecule has 3 rings (SSSR count). The summed E-state index contributed by atoms with van der Waals surface area (Å²) in [7, 11) is 1.73. The SMILES string of the molecule is CCOc1cc2c(cc1/C=C/C(=O)N1CCC(OC)CC1)OC(C)C2. The van der Waals surface area contributed by atoms with E-state index in [0.29, 0.717) is 6.61 Å². The smallest absolute Gasteiger partial charge is 0.246 e. The van der Waals surface area contributed by atoms with E-state index in [1.165, 1.54) is 5.56 Å². The molecule has 0 aromatic heterocycles. The van der Waals surface area contributed by atoms with Gasteiger partial charge in [-0.1, -0.05) is 0 Å². The molecule has 1 amide bonds. The van der Waals surface area contributed by atoms with E-state index in [1.807, 2.05) is 30.0 Å². The molecule has 2 aliphatic rings. The molecule has 0 saturated carbocycles. The van der Waals surface area contributed by atoms with Gasteiger partial charge in [0.1, 0.15) is 17.6 Å². The minimum absolute atomic E-state index is 0.0341. The molecule has 5 nitrogen and oxygen atoms in total. The fourth-order valence-corrected chi connectivity index (χ4v) is 3.44. The zero-order valence-electron chi connectivity index (χ0n) is 15.3. The molecule has 1 unspecified atom stereocenters. The molecule has 1 fully saturated rings. The molecule has 2 aliphatic heterocycles. The summed E-state index contributed by atoms with van der Waals surface area (Å²) in [6.45, 7) is 6.10. The Labute approximate surface area is 149 Å². The van der Waals surface area contributed by atoms with Gasteiger partial charge in [0, 0.05) is 43.8 Å². The molecule has 1 aromatic carbocycles. The average Bonchev–Trinajstić information content (AvgIpc) is 2.98. The Morgan fingerprint density at radius 3 is 2.80 bits per heavy atom. The van der Waals surface area contributed by atoms with Crippen LogP contribution in [-0.2, 0) is 16.0 Å². The average molecular weight is 345 g/mol. The zero-order valence-corrected chi connectivity index (χ0v) is 15.3. The zero-order chi connectivity index (χ0) is 17.8. The lowest BCUT2D eigenvalue weighted by atomic mass is 10.1. The molecule has 1 aromatic rings. The van der Waals surface area contributed by atoms with Crippen LogP contribution in [0.3, 0.4) is 0 Å². The number of hydrogen-bond acceptors (Lipinski definition) is 4. The van der Waals surface area contributed by atoms with Gasteiger partial charge in [-0.25, -0.2) is 0 Å². The molecule has 0 spiro atoms. The van der Waals surface area contributed by atoms with Crippen molar-refractivity contribution in [3.8, 4) is 11.5 Å². The van der Waals surface area contributed by atoms with E-state index in [4.69, 9.17) is 14.2 Å². The summed E-state index contributed by atoms with van der Waals surface area (Å²) in [6.07, 6.45) is 6.61. The van der Waals surface area contributed by atoms with Gasteiger partial charge in [0.05, 0.1) is 12.7 Å². The van der Waals surface area contributed by atoms with Gasteiger partial charge in [-0.15, -0.1) is 0 Å². The van der Waals surface area contributed by atoms with E-state index >= 15 is 0 Å². The van der Waals surface area contributed by atoms with Gasteiger partial charge < -0.3 is 19.1 Å². The highest BCUT2D eigenvalue weighted by atomic mass is 16.5. The summed E-state index contributed by atoms with van der Waals surface area (Å²) in [5.41, 5.74) is 2.05. The second-order valence-electron chi connectivity index (χ2n) is 6.66. The van der Waals surface area contributed by atoms with Crippen molar-refractivity contribution in [2.45, 2.75) is 45.3 Å². The van der Waals surface area contributed by atoms with Crippen LogP contribution in [0, 0.1) is 0 Å². The molecule has 0 radical (unpaired) electrons. The summed E-state index contributed by atoms with van der Waals surface area (Å²) in [6, 6.07) is 4.02. The number of hydrogen-bond donors (Lipinski definition) is 0. The number of amides is 1. The van der Waals surface area contributed by atoms with E-state index in [2.05, 4.69) is 6.92 Å². The Bertz CT molecular complexity index is 647. The normalized spacial score (nSPS) is 20.6. The highest BCUT2D eigenvalue weighted by Crippen LogP contribution is 2.35. The van der Waals surface area contributed by atoms with Crippen molar-refractivity contribution in [2.24, 2.45) is 0 Å². The summed E-state index contributed by atoms with van der Waals surface area (Å²) in [4.78, 5) is 14.3. The predicted octanol–water partition coefficient (Wildman–Crippen LogP) is 3.06. The first-order valence-electron chi connectivity index (χ1n) is 9.06. The Morgan fingerprint density at radius 2 is 2.12 bits per heavy atom. The molecule has 0 aliphatic carbocycles. The maximum atomic E-state index is 12.4. The Balaban J connectivity index is 1.72. The van der Waals surface area contributed by atoms with Gasteiger partial charge in [0.25, 0.3) is 0 Å². The van der Waals surface area contributed by atoms with Crippen LogP contribution in [0.15, 0.2) is 18.2 Å². The molecule has 25 heavy (non-hydrogen) atoms. The van der Waals surface area contributed by atoms with Crippen LogP contribution >= 0.6 is 0 Å². The molecular formula is C20H27NO4. The molecule has 1 atom stereocenters. The number of ether oxygens (including phenoxy) is 3. The number of benzene rings is 1. The quantitative estimate of drug-likeness (QED) is 0.770. The van der Waals surface area contributed by atoms with Crippen LogP contribution in [0.1, 0.15) is 37.8 Å². The van der Waals surface area contributed by atoms with Gasteiger partial charge in [0.2, 0.25) is 5.91 Å². The third-order valence-electron chi connectivity index (χ3n) is 4.82. The van der Waals surface area contributed by atoms with Gasteiger partial charge in [-0.05, 0) is 44.9 Å². The van der Waals surface area contributed by atoms with E-state index in [9.17, 15) is 4.79 Å². The highest BCUT2D eigenvalue weighted by Gasteiger charge is 2.23. The van der Waals surface area contributed by atoms with Crippen molar-refractivity contribution in [3.05, 3.63) is 29.3 Å². The van der Waals surface area contributed by atoms with E-state index in [1.54, 1.807) is 13.2 Å². The number of likely N-dealkylation sites (tertiary alicyclic amines) is 1. The minimum Gasteiger partial charge on any atom is -0.493 e. The van der Waals surface area contributed by atoms with Crippen LogP contribution in [0.2, 0.25) is 0 Å². The van der Waals surface area contributed by atoms with Gasteiger partial charge in [-0.2, -0.15) is 0 Å². The van der Waals surface area contributed by atoms with E-state index < -0.39 is 0 Å². The number of carbonyl (C=O) groups excluding carboxylic acids is 1. The first-order valence-corrected chi connectivity index (χ1v) is 9.06. The van der Waals surface area contributed by atoms with Gasteiger partial charge in [-0.3, -0.25) is 4.79 Å². The fraction of sp³-hybridized carbons (Fsp3) is 0.550. The lowest BCUT2D eigenvalue weighted by molar-refractivity contribution is -0.128. The topological polar surface area (TPSA) is 48.0 Å². The van der Waals surface area contributed by atoms with Crippen LogP contribution < -0.4 is 9.47 Å². The van der Waals surface area contributed by atoms with Crippen LogP contribution in [0.4, 0.5) is 0 Å². The number of methoxy groups -OCH3 is 1. The maximum absolute atomic E-state index is 12.4. The van der Waals surface area contributed by atoms with E-state index in [0.717, 1.165) is 49.4 Å². The Morgan fingerprint density at radius 1 is 1.36 bits per heavy atom.